The van der Waals surface area contributed by atoms with Crippen LogP contribution >= 0.6 is 11.8 Å². The molecule has 0 aliphatic carbocycles. The Morgan fingerprint density at radius 3 is 2.65 bits per heavy atom. The highest BCUT2D eigenvalue weighted by Crippen LogP contribution is 2.30. The lowest BCUT2D eigenvalue weighted by atomic mass is 9.99. The van der Waals surface area contributed by atoms with E-state index in [1.807, 2.05) is 26.2 Å². The van der Waals surface area contributed by atoms with Gasteiger partial charge in [0.05, 0.1) is 22.1 Å². The van der Waals surface area contributed by atoms with Crippen LogP contribution in [0.3, 0.4) is 0 Å². The predicted molar refractivity (Wildman–Crippen MR) is 102 cm³/mol. The minimum Gasteiger partial charge on any atom is -0.299 e. The van der Waals surface area contributed by atoms with E-state index < -0.39 is 4.92 Å². The molecule has 1 aliphatic heterocycles. The molecule has 0 saturated heterocycles. The molecular weight excluding hydrogens is 354 g/mol. The highest BCUT2D eigenvalue weighted by molar-refractivity contribution is 8.14. The van der Waals surface area contributed by atoms with E-state index >= 15 is 0 Å². The van der Waals surface area contributed by atoms with Gasteiger partial charge in [0.15, 0.2) is 0 Å². The van der Waals surface area contributed by atoms with E-state index in [4.69, 9.17) is 0 Å². The van der Waals surface area contributed by atoms with Gasteiger partial charge in [-0.05, 0) is 25.5 Å². The zero-order valence-corrected chi connectivity index (χ0v) is 15.4. The quantitative estimate of drug-likeness (QED) is 0.593. The SMILES string of the molecule is CC(=O)CSC1=NN=C(c2cc(-c3cn(C)nc3C)cc([N+](=O)[O-])c2)C1. The Balaban J connectivity index is 1.92. The maximum Gasteiger partial charge on any atom is 0.270 e. The fourth-order valence-corrected chi connectivity index (χ4v) is 3.38. The van der Waals surface area contributed by atoms with Crippen LogP contribution in [0.15, 0.2) is 34.6 Å². The van der Waals surface area contributed by atoms with Crippen LogP contribution in [0.5, 0.6) is 0 Å². The van der Waals surface area contributed by atoms with Crippen molar-refractivity contribution < 1.29 is 9.72 Å². The number of benzene rings is 1. The van der Waals surface area contributed by atoms with Crippen LogP contribution in [0.2, 0.25) is 0 Å². The van der Waals surface area contributed by atoms with E-state index in [0.29, 0.717) is 29.0 Å². The molecule has 8 nitrogen and oxygen atoms in total. The lowest BCUT2D eigenvalue weighted by Crippen LogP contribution is -2.05. The highest BCUT2D eigenvalue weighted by atomic mass is 32.2. The molecule has 0 N–H and O–H groups in total. The molecule has 0 unspecified atom stereocenters. The Labute approximate surface area is 154 Å². The molecular formula is C17H17N5O3S. The van der Waals surface area contributed by atoms with Gasteiger partial charge in [0.1, 0.15) is 10.8 Å². The largest absolute Gasteiger partial charge is 0.299 e. The number of carbonyl (C=O) groups is 1. The third-order valence-corrected chi connectivity index (χ3v) is 4.94. The molecule has 2 heterocycles. The van der Waals surface area contributed by atoms with Gasteiger partial charge >= 0.3 is 0 Å². The molecule has 134 valence electrons. The summed E-state index contributed by atoms with van der Waals surface area (Å²) in [6.07, 6.45) is 2.30. The topological polar surface area (TPSA) is 103 Å². The number of carbonyl (C=O) groups excluding carboxylic acids is 1. The van der Waals surface area contributed by atoms with E-state index in [1.165, 1.54) is 30.8 Å². The molecule has 0 bridgehead atoms. The first kappa shape index (κ1) is 18.0. The summed E-state index contributed by atoms with van der Waals surface area (Å²) in [5.74, 6) is 0.410. The average molecular weight is 371 g/mol. The minimum absolute atomic E-state index is 0.00621. The maximum absolute atomic E-state index is 11.4. The van der Waals surface area contributed by atoms with E-state index in [1.54, 1.807) is 4.68 Å². The van der Waals surface area contributed by atoms with Crippen molar-refractivity contribution in [1.29, 1.82) is 0 Å². The maximum atomic E-state index is 11.4. The molecule has 0 fully saturated rings. The fourth-order valence-electron chi connectivity index (χ4n) is 2.68. The first-order valence-electron chi connectivity index (χ1n) is 7.89. The number of aryl methyl sites for hydroxylation is 2. The zero-order chi connectivity index (χ0) is 18.8. The van der Waals surface area contributed by atoms with Crippen molar-refractivity contribution in [3.8, 4) is 11.1 Å². The van der Waals surface area contributed by atoms with Crippen molar-refractivity contribution in [1.82, 2.24) is 9.78 Å². The van der Waals surface area contributed by atoms with Crippen LogP contribution in [0.4, 0.5) is 5.69 Å². The lowest BCUT2D eigenvalue weighted by Gasteiger charge is -2.06. The summed E-state index contributed by atoms with van der Waals surface area (Å²) in [7, 11) is 1.81. The second-order valence-corrected chi connectivity index (χ2v) is 7.08. The molecule has 9 heteroatoms. The van der Waals surface area contributed by atoms with Crippen molar-refractivity contribution in [2.75, 3.05) is 5.75 Å². The van der Waals surface area contributed by atoms with Crippen LogP contribution < -0.4 is 0 Å². The second kappa shape index (κ2) is 7.20. The van der Waals surface area contributed by atoms with Crippen LogP contribution in [-0.4, -0.2) is 37.0 Å². The van der Waals surface area contributed by atoms with Crippen molar-refractivity contribution in [2.24, 2.45) is 17.3 Å². The standard InChI is InChI=1S/C17H17N5O3S/c1-10(23)9-26-17-7-16(18-19-17)13-4-12(5-14(6-13)22(24)25)15-8-21(3)20-11(15)2/h4-6,8H,7,9H2,1-3H3. The number of rotatable bonds is 5. The molecule has 1 aliphatic rings. The van der Waals surface area contributed by atoms with Gasteiger partial charge in [0.25, 0.3) is 5.69 Å². The van der Waals surface area contributed by atoms with Gasteiger partial charge < -0.3 is 0 Å². The first-order valence-corrected chi connectivity index (χ1v) is 8.88. The van der Waals surface area contributed by atoms with E-state index in [0.717, 1.165) is 16.3 Å². The molecule has 0 radical (unpaired) electrons. The van der Waals surface area contributed by atoms with Gasteiger partial charge in [-0.15, -0.1) is 16.9 Å². The summed E-state index contributed by atoms with van der Waals surface area (Å²) in [5, 5.41) is 24.6. The summed E-state index contributed by atoms with van der Waals surface area (Å²) in [6.45, 7) is 3.38. The predicted octanol–water partition coefficient (Wildman–Crippen LogP) is 3.13. The van der Waals surface area contributed by atoms with Crippen LogP contribution in [0, 0.1) is 17.0 Å². The Morgan fingerprint density at radius 2 is 2.04 bits per heavy atom. The molecule has 3 rings (SSSR count). The molecule has 26 heavy (non-hydrogen) atoms. The number of ketones is 1. The van der Waals surface area contributed by atoms with E-state index in [9.17, 15) is 14.9 Å². The van der Waals surface area contributed by atoms with Gasteiger partial charge in [0, 0.05) is 42.9 Å². The van der Waals surface area contributed by atoms with Crippen molar-refractivity contribution >= 4 is 34.0 Å². The molecule has 0 amide bonds. The summed E-state index contributed by atoms with van der Waals surface area (Å²) in [4.78, 5) is 22.1. The van der Waals surface area contributed by atoms with Crippen LogP contribution in [0.25, 0.3) is 11.1 Å². The second-order valence-electron chi connectivity index (χ2n) is 6.04. The van der Waals surface area contributed by atoms with E-state index in [2.05, 4.69) is 15.3 Å². The van der Waals surface area contributed by atoms with Crippen molar-refractivity contribution in [3.05, 3.63) is 45.8 Å². The number of hydrogen-bond donors (Lipinski definition) is 0. The molecule has 0 atom stereocenters. The van der Waals surface area contributed by atoms with E-state index in [-0.39, 0.29) is 11.5 Å². The van der Waals surface area contributed by atoms with Crippen molar-refractivity contribution in [3.63, 3.8) is 0 Å². The van der Waals surface area contributed by atoms with Gasteiger partial charge in [-0.3, -0.25) is 19.6 Å². The fraction of sp³-hybridized carbons (Fsp3) is 0.294. The molecule has 1 aromatic carbocycles. The number of Topliss-reactive ketones (excluding diaryl/α,β-unsaturated/α-hetero) is 1. The Bertz CT molecular complexity index is 961. The summed E-state index contributed by atoms with van der Waals surface area (Å²) < 4.78 is 1.68. The molecule has 0 saturated carbocycles. The normalized spacial score (nSPS) is 13.5. The number of non-ortho nitro benzene ring substituents is 1. The third-order valence-electron chi connectivity index (χ3n) is 3.83. The van der Waals surface area contributed by atoms with Crippen LogP contribution in [0.1, 0.15) is 24.6 Å². The first-order chi connectivity index (χ1) is 12.3. The number of aromatic nitrogens is 2. The van der Waals surface area contributed by atoms with Gasteiger partial charge in [-0.25, -0.2) is 0 Å². The summed E-state index contributed by atoms with van der Waals surface area (Å²) in [5.41, 5.74) is 3.65. The Hall–Kier alpha value is -2.81. The average Bonchev–Trinajstić information content (AvgIpc) is 3.18. The Kier molecular flexibility index (Phi) is 4.99. The van der Waals surface area contributed by atoms with Gasteiger partial charge in [-0.1, -0.05) is 0 Å². The smallest absolute Gasteiger partial charge is 0.270 e. The number of thioether (sulfide) groups is 1. The number of hydrogen-bond acceptors (Lipinski definition) is 7. The number of nitro benzene ring substituents is 1. The lowest BCUT2D eigenvalue weighted by molar-refractivity contribution is -0.384. The van der Waals surface area contributed by atoms with Crippen molar-refractivity contribution in [2.45, 2.75) is 20.3 Å². The Morgan fingerprint density at radius 1 is 1.31 bits per heavy atom. The molecule has 0 spiro atoms. The van der Waals surface area contributed by atoms with Crippen LogP contribution in [-0.2, 0) is 11.8 Å². The summed E-state index contributed by atoms with van der Waals surface area (Å²) >= 11 is 1.35. The number of nitrogens with zero attached hydrogens (tertiary/aromatic N) is 5. The van der Waals surface area contributed by atoms with Gasteiger partial charge in [-0.2, -0.15) is 10.2 Å². The molecule has 1 aromatic heterocycles. The van der Waals surface area contributed by atoms with Gasteiger partial charge in [0.2, 0.25) is 0 Å². The third kappa shape index (κ3) is 3.88. The molecule has 2 aromatic rings. The monoisotopic (exact) mass is 371 g/mol. The number of nitro groups is 1. The zero-order valence-electron chi connectivity index (χ0n) is 14.6. The summed E-state index contributed by atoms with van der Waals surface area (Å²) in [6, 6.07) is 4.90. The minimum atomic E-state index is -0.416. The highest BCUT2D eigenvalue weighted by Gasteiger charge is 2.20.